The topological polar surface area (TPSA) is 58.3 Å². The highest BCUT2D eigenvalue weighted by Gasteiger charge is 2.07. The Morgan fingerprint density at radius 2 is 1.89 bits per heavy atom. The van der Waals surface area contributed by atoms with Gasteiger partial charge in [-0.2, -0.15) is 0 Å². The Morgan fingerprint density at radius 1 is 1.17 bits per heavy atom. The maximum absolute atomic E-state index is 10.0. The van der Waals surface area contributed by atoms with E-state index in [9.17, 15) is 5.11 Å². The maximum Gasteiger partial charge on any atom is 0.0962 e. The van der Waals surface area contributed by atoms with E-state index in [1.165, 1.54) is 0 Å². The van der Waals surface area contributed by atoms with Crippen molar-refractivity contribution in [3.8, 4) is 0 Å². The van der Waals surface area contributed by atoms with Crippen molar-refractivity contribution in [2.75, 3.05) is 17.6 Å². The Hall–Kier alpha value is -2.00. The third-order valence-electron chi connectivity index (χ3n) is 2.92. The van der Waals surface area contributed by atoms with Crippen LogP contribution in [0.5, 0.6) is 0 Å². The van der Waals surface area contributed by atoms with E-state index >= 15 is 0 Å². The van der Waals surface area contributed by atoms with Gasteiger partial charge in [-0.3, -0.25) is 0 Å². The van der Waals surface area contributed by atoms with Gasteiger partial charge in [0.1, 0.15) is 0 Å². The van der Waals surface area contributed by atoms with E-state index < -0.39 is 6.10 Å². The molecule has 0 aliphatic rings. The van der Waals surface area contributed by atoms with Gasteiger partial charge in [0, 0.05) is 17.9 Å². The molecule has 0 bridgehead atoms. The van der Waals surface area contributed by atoms with Crippen molar-refractivity contribution in [1.29, 1.82) is 0 Å². The Morgan fingerprint density at radius 3 is 2.56 bits per heavy atom. The van der Waals surface area contributed by atoms with Crippen molar-refractivity contribution in [2.45, 2.75) is 13.0 Å². The minimum atomic E-state index is -0.511. The molecule has 1 unspecified atom stereocenters. The molecule has 2 aromatic carbocycles. The van der Waals surface area contributed by atoms with E-state index in [0.717, 1.165) is 22.5 Å². The Kier molecular flexibility index (Phi) is 3.85. The van der Waals surface area contributed by atoms with Crippen LogP contribution in [0.2, 0.25) is 0 Å². The summed E-state index contributed by atoms with van der Waals surface area (Å²) in [6, 6.07) is 15.3. The van der Waals surface area contributed by atoms with Crippen LogP contribution < -0.4 is 11.1 Å². The lowest BCUT2D eigenvalue weighted by molar-refractivity contribution is 0.191. The zero-order chi connectivity index (χ0) is 13.0. The summed E-state index contributed by atoms with van der Waals surface area (Å²) >= 11 is 0. The van der Waals surface area contributed by atoms with Crippen molar-refractivity contribution in [3.63, 3.8) is 0 Å². The molecule has 0 spiro atoms. The van der Waals surface area contributed by atoms with E-state index in [-0.39, 0.29) is 0 Å². The first-order valence-electron chi connectivity index (χ1n) is 6.00. The van der Waals surface area contributed by atoms with Gasteiger partial charge in [0.2, 0.25) is 0 Å². The zero-order valence-corrected chi connectivity index (χ0v) is 10.4. The smallest absolute Gasteiger partial charge is 0.0962 e. The number of nitrogens with two attached hydrogens (primary N) is 1. The van der Waals surface area contributed by atoms with E-state index in [2.05, 4.69) is 5.32 Å². The second kappa shape index (κ2) is 5.56. The highest BCUT2D eigenvalue weighted by molar-refractivity contribution is 5.57. The summed E-state index contributed by atoms with van der Waals surface area (Å²) in [5.74, 6) is 0. The summed E-state index contributed by atoms with van der Waals surface area (Å²) in [4.78, 5) is 0. The van der Waals surface area contributed by atoms with Gasteiger partial charge in [-0.15, -0.1) is 0 Å². The number of nitrogens with one attached hydrogen (secondary N) is 1. The van der Waals surface area contributed by atoms with Crippen molar-refractivity contribution >= 4 is 11.4 Å². The van der Waals surface area contributed by atoms with E-state index in [1.54, 1.807) is 0 Å². The third-order valence-corrected chi connectivity index (χ3v) is 2.92. The summed E-state index contributed by atoms with van der Waals surface area (Å²) in [6.07, 6.45) is -0.511. The maximum atomic E-state index is 10.0. The fourth-order valence-corrected chi connectivity index (χ4v) is 1.88. The van der Waals surface area contributed by atoms with Crippen molar-refractivity contribution < 1.29 is 5.11 Å². The minimum absolute atomic E-state index is 0.481. The van der Waals surface area contributed by atoms with Gasteiger partial charge in [-0.1, -0.05) is 30.3 Å². The molecule has 0 aliphatic heterocycles. The van der Waals surface area contributed by atoms with Crippen LogP contribution in [-0.2, 0) is 0 Å². The summed E-state index contributed by atoms with van der Waals surface area (Å²) in [5.41, 5.74) is 9.44. The van der Waals surface area contributed by atoms with E-state index in [0.29, 0.717) is 6.54 Å². The van der Waals surface area contributed by atoms with Gasteiger partial charge in [-0.05, 0) is 36.2 Å². The first-order valence-corrected chi connectivity index (χ1v) is 6.00. The Balaban J connectivity index is 1.99. The molecule has 0 heterocycles. The molecule has 0 aliphatic carbocycles. The molecule has 1 atom stereocenters. The van der Waals surface area contributed by atoms with Gasteiger partial charge in [0.25, 0.3) is 0 Å². The number of rotatable bonds is 4. The van der Waals surface area contributed by atoms with Crippen LogP contribution >= 0.6 is 0 Å². The summed E-state index contributed by atoms with van der Waals surface area (Å²) < 4.78 is 0. The number of hydrogen-bond acceptors (Lipinski definition) is 3. The predicted molar refractivity (Wildman–Crippen MR) is 75.5 cm³/mol. The monoisotopic (exact) mass is 242 g/mol. The molecule has 0 amide bonds. The van der Waals surface area contributed by atoms with E-state index in [4.69, 9.17) is 5.73 Å². The van der Waals surface area contributed by atoms with Gasteiger partial charge >= 0.3 is 0 Å². The summed E-state index contributed by atoms with van der Waals surface area (Å²) in [7, 11) is 0. The van der Waals surface area contributed by atoms with Gasteiger partial charge in [-0.25, -0.2) is 0 Å². The molecule has 3 heteroatoms. The second-order valence-electron chi connectivity index (χ2n) is 4.38. The van der Waals surface area contributed by atoms with Gasteiger partial charge in [0.15, 0.2) is 0 Å². The van der Waals surface area contributed by atoms with Crippen molar-refractivity contribution in [1.82, 2.24) is 0 Å². The Labute approximate surface area is 107 Å². The first kappa shape index (κ1) is 12.5. The molecule has 3 nitrogen and oxygen atoms in total. The second-order valence-corrected chi connectivity index (χ2v) is 4.38. The predicted octanol–water partition coefficient (Wildman–Crippen LogP) is 2.72. The quantitative estimate of drug-likeness (QED) is 0.722. The number of anilines is 2. The fourth-order valence-electron chi connectivity index (χ4n) is 1.88. The summed E-state index contributed by atoms with van der Waals surface area (Å²) in [5, 5.41) is 13.3. The average molecular weight is 242 g/mol. The molecule has 0 aromatic heterocycles. The average Bonchev–Trinajstić information content (AvgIpc) is 2.38. The van der Waals surface area contributed by atoms with Crippen molar-refractivity contribution in [2.24, 2.45) is 0 Å². The number of aliphatic hydroxyl groups is 1. The number of hydrogen-bond donors (Lipinski definition) is 3. The number of aryl methyl sites for hydroxylation is 1. The van der Waals surface area contributed by atoms with Gasteiger partial charge in [0.05, 0.1) is 6.10 Å². The van der Waals surface area contributed by atoms with Gasteiger partial charge < -0.3 is 16.2 Å². The van der Waals surface area contributed by atoms with Crippen LogP contribution in [0.3, 0.4) is 0 Å². The van der Waals surface area contributed by atoms with Crippen molar-refractivity contribution in [3.05, 3.63) is 59.7 Å². The first-order chi connectivity index (χ1) is 8.66. The molecule has 2 aromatic rings. The highest BCUT2D eigenvalue weighted by atomic mass is 16.3. The zero-order valence-electron chi connectivity index (χ0n) is 10.4. The molecule has 0 fully saturated rings. The van der Waals surface area contributed by atoms with E-state index in [1.807, 2.05) is 55.5 Å². The molecule has 94 valence electrons. The lowest BCUT2D eigenvalue weighted by atomic mass is 10.1. The molecular weight excluding hydrogens is 224 g/mol. The molecule has 2 rings (SSSR count). The standard InChI is InChI=1S/C15H18N2O/c1-11-9-13(16)7-8-14(11)17-10-15(18)12-5-3-2-4-6-12/h2-9,15,17-18H,10,16H2,1H3. The molecule has 4 N–H and O–H groups in total. The SMILES string of the molecule is Cc1cc(N)ccc1NCC(O)c1ccccc1. The highest BCUT2D eigenvalue weighted by Crippen LogP contribution is 2.19. The lowest BCUT2D eigenvalue weighted by Gasteiger charge is -2.15. The number of aliphatic hydroxyl groups excluding tert-OH is 1. The third kappa shape index (κ3) is 3.02. The fraction of sp³-hybridized carbons (Fsp3) is 0.200. The normalized spacial score (nSPS) is 12.1. The number of benzene rings is 2. The summed E-state index contributed by atoms with van der Waals surface area (Å²) in [6.45, 7) is 2.47. The largest absolute Gasteiger partial charge is 0.399 e. The van der Waals surface area contributed by atoms with Crippen LogP contribution in [0.15, 0.2) is 48.5 Å². The van der Waals surface area contributed by atoms with Crippen LogP contribution in [-0.4, -0.2) is 11.7 Å². The molecule has 18 heavy (non-hydrogen) atoms. The minimum Gasteiger partial charge on any atom is -0.399 e. The van der Waals surface area contributed by atoms with Crippen LogP contribution in [0, 0.1) is 6.92 Å². The molecule has 0 saturated heterocycles. The van der Waals surface area contributed by atoms with Crippen LogP contribution in [0.25, 0.3) is 0 Å². The van der Waals surface area contributed by atoms with Crippen LogP contribution in [0.1, 0.15) is 17.2 Å². The molecule has 0 saturated carbocycles. The molecule has 0 radical (unpaired) electrons. The lowest BCUT2D eigenvalue weighted by Crippen LogP contribution is -2.12. The number of nitrogen functional groups attached to an aromatic ring is 1. The molecular formula is C15H18N2O. The van der Waals surface area contributed by atoms with Crippen LogP contribution in [0.4, 0.5) is 11.4 Å². The Bertz CT molecular complexity index is 511.